The Morgan fingerprint density at radius 2 is 2.00 bits per heavy atom. The zero-order chi connectivity index (χ0) is 11.1. The summed E-state index contributed by atoms with van der Waals surface area (Å²) in [5.41, 5.74) is 1.32. The summed E-state index contributed by atoms with van der Waals surface area (Å²) >= 11 is 1.73. The minimum absolute atomic E-state index is 0.00176. The van der Waals surface area contributed by atoms with Crippen LogP contribution in [-0.4, -0.2) is 16.8 Å². The molecule has 4 heteroatoms. The molecule has 84 valence electrons. The van der Waals surface area contributed by atoms with Crippen LogP contribution in [0.5, 0.6) is 0 Å². The zero-order valence-electron chi connectivity index (χ0n) is 9.32. The number of amidine groups is 1. The summed E-state index contributed by atoms with van der Waals surface area (Å²) in [6.45, 7) is 1.80. The Balaban J connectivity index is 1.98. The SMILES string of the molecule is CC1=NC(=O)C2C(=N1)SC1=C2CCCCC1. The Bertz CT molecular complexity index is 448. The highest BCUT2D eigenvalue weighted by Crippen LogP contribution is 2.46. The Labute approximate surface area is 99.1 Å². The highest BCUT2D eigenvalue weighted by Gasteiger charge is 2.39. The molecular formula is C12H14N2OS. The fourth-order valence-corrected chi connectivity index (χ4v) is 3.97. The zero-order valence-corrected chi connectivity index (χ0v) is 10.1. The highest BCUT2D eigenvalue weighted by atomic mass is 32.2. The monoisotopic (exact) mass is 234 g/mol. The van der Waals surface area contributed by atoms with E-state index in [9.17, 15) is 4.79 Å². The molecule has 3 nitrogen and oxygen atoms in total. The molecule has 0 saturated heterocycles. The quantitative estimate of drug-likeness (QED) is 0.646. The van der Waals surface area contributed by atoms with Gasteiger partial charge in [-0.25, -0.2) is 4.99 Å². The summed E-state index contributed by atoms with van der Waals surface area (Å²) in [6.07, 6.45) is 5.93. The molecule has 0 saturated carbocycles. The van der Waals surface area contributed by atoms with Gasteiger partial charge in [0.05, 0.1) is 5.04 Å². The van der Waals surface area contributed by atoms with Gasteiger partial charge in [0.2, 0.25) is 0 Å². The maximum Gasteiger partial charge on any atom is 0.261 e. The smallest absolute Gasteiger partial charge is 0.261 e. The molecule has 0 fully saturated rings. The van der Waals surface area contributed by atoms with Crippen LogP contribution in [-0.2, 0) is 4.79 Å². The number of fused-ring (bicyclic) bond motifs is 2. The normalized spacial score (nSPS) is 29.3. The van der Waals surface area contributed by atoms with Gasteiger partial charge in [0, 0.05) is 0 Å². The molecule has 1 amide bonds. The predicted octanol–water partition coefficient (Wildman–Crippen LogP) is 2.92. The first-order valence-corrected chi connectivity index (χ1v) is 6.65. The van der Waals surface area contributed by atoms with Gasteiger partial charge < -0.3 is 0 Å². The van der Waals surface area contributed by atoms with Gasteiger partial charge in [0.25, 0.3) is 5.91 Å². The van der Waals surface area contributed by atoms with E-state index in [-0.39, 0.29) is 11.8 Å². The number of aliphatic imine (C=N–C) groups is 2. The number of thioether (sulfide) groups is 1. The Morgan fingerprint density at radius 1 is 1.19 bits per heavy atom. The van der Waals surface area contributed by atoms with Gasteiger partial charge in [-0.05, 0) is 43.1 Å². The third kappa shape index (κ3) is 1.56. The molecule has 1 unspecified atom stereocenters. The molecule has 0 spiro atoms. The molecule has 2 aliphatic heterocycles. The molecule has 1 aliphatic carbocycles. The van der Waals surface area contributed by atoms with Crippen LogP contribution in [0.3, 0.4) is 0 Å². The number of carbonyl (C=O) groups excluding carboxylic acids is 1. The van der Waals surface area contributed by atoms with Crippen molar-refractivity contribution in [3.05, 3.63) is 10.5 Å². The van der Waals surface area contributed by atoms with Crippen LogP contribution in [0.15, 0.2) is 20.5 Å². The number of hydrogen-bond acceptors (Lipinski definition) is 3. The lowest BCUT2D eigenvalue weighted by Gasteiger charge is -2.15. The van der Waals surface area contributed by atoms with Gasteiger partial charge >= 0.3 is 0 Å². The number of amides is 1. The van der Waals surface area contributed by atoms with Gasteiger partial charge in [-0.2, -0.15) is 4.99 Å². The topological polar surface area (TPSA) is 41.8 Å². The Hall–Kier alpha value is -0.900. The van der Waals surface area contributed by atoms with Crippen LogP contribution in [0.4, 0.5) is 0 Å². The van der Waals surface area contributed by atoms with Gasteiger partial charge in [-0.3, -0.25) is 4.79 Å². The molecule has 3 rings (SSSR count). The maximum atomic E-state index is 11.9. The van der Waals surface area contributed by atoms with E-state index in [4.69, 9.17) is 0 Å². The second kappa shape index (κ2) is 3.84. The summed E-state index contributed by atoms with van der Waals surface area (Å²) in [5, 5.41) is 0.976. The van der Waals surface area contributed by atoms with E-state index in [0.29, 0.717) is 5.84 Å². The summed E-state index contributed by atoms with van der Waals surface area (Å²) in [4.78, 5) is 21.7. The van der Waals surface area contributed by atoms with Crippen molar-refractivity contribution >= 4 is 28.5 Å². The average molecular weight is 234 g/mol. The molecule has 1 atom stereocenters. The average Bonchev–Trinajstić information content (AvgIpc) is 2.42. The second-order valence-electron chi connectivity index (χ2n) is 4.49. The first-order chi connectivity index (χ1) is 7.75. The van der Waals surface area contributed by atoms with Crippen LogP contribution < -0.4 is 0 Å². The maximum absolute atomic E-state index is 11.9. The summed E-state index contributed by atoms with van der Waals surface area (Å²) < 4.78 is 0. The number of carbonyl (C=O) groups is 1. The Morgan fingerprint density at radius 3 is 2.88 bits per heavy atom. The highest BCUT2D eigenvalue weighted by molar-refractivity contribution is 8.17. The Kier molecular flexibility index (Phi) is 2.46. The van der Waals surface area contributed by atoms with Gasteiger partial charge in [-0.15, -0.1) is 0 Å². The molecule has 0 aromatic heterocycles. The first kappa shape index (κ1) is 10.3. The van der Waals surface area contributed by atoms with E-state index in [1.165, 1.54) is 29.7 Å². The van der Waals surface area contributed by atoms with Crippen molar-refractivity contribution in [1.29, 1.82) is 0 Å². The van der Waals surface area contributed by atoms with Crippen molar-refractivity contribution in [3.8, 4) is 0 Å². The molecule has 3 aliphatic rings. The summed E-state index contributed by atoms with van der Waals surface area (Å²) in [5.74, 6) is 0.505. The van der Waals surface area contributed by atoms with Crippen molar-refractivity contribution in [2.24, 2.45) is 15.9 Å². The molecule has 0 aromatic carbocycles. The van der Waals surface area contributed by atoms with E-state index < -0.39 is 0 Å². The first-order valence-electron chi connectivity index (χ1n) is 5.83. The minimum atomic E-state index is -0.109. The molecule has 0 bridgehead atoms. The van der Waals surface area contributed by atoms with Gasteiger partial charge in [0.15, 0.2) is 0 Å². The van der Waals surface area contributed by atoms with Crippen LogP contribution in [0.1, 0.15) is 39.0 Å². The molecule has 0 aromatic rings. The molecular weight excluding hydrogens is 220 g/mol. The number of nitrogens with zero attached hydrogens (tertiary/aromatic N) is 2. The molecule has 2 heterocycles. The lowest BCUT2D eigenvalue weighted by Crippen LogP contribution is -2.24. The van der Waals surface area contributed by atoms with E-state index in [1.807, 2.05) is 0 Å². The fraction of sp³-hybridized carbons (Fsp3) is 0.583. The van der Waals surface area contributed by atoms with Crippen molar-refractivity contribution < 1.29 is 4.79 Å². The third-order valence-electron chi connectivity index (χ3n) is 3.32. The van der Waals surface area contributed by atoms with Crippen molar-refractivity contribution in [2.45, 2.75) is 39.0 Å². The summed E-state index contributed by atoms with van der Waals surface area (Å²) in [6, 6.07) is 0. The van der Waals surface area contributed by atoms with Gasteiger partial charge in [0.1, 0.15) is 11.8 Å². The fourth-order valence-electron chi connectivity index (χ4n) is 2.58. The number of rotatable bonds is 0. The van der Waals surface area contributed by atoms with Crippen molar-refractivity contribution in [1.82, 2.24) is 0 Å². The number of allylic oxidation sites excluding steroid dienone is 1. The van der Waals surface area contributed by atoms with E-state index >= 15 is 0 Å². The van der Waals surface area contributed by atoms with Crippen LogP contribution in [0.25, 0.3) is 0 Å². The predicted molar refractivity (Wildman–Crippen MR) is 66.7 cm³/mol. The second-order valence-corrected chi connectivity index (χ2v) is 5.61. The minimum Gasteiger partial charge on any atom is -0.271 e. The largest absolute Gasteiger partial charge is 0.271 e. The van der Waals surface area contributed by atoms with Crippen molar-refractivity contribution in [2.75, 3.05) is 0 Å². The molecule has 0 N–H and O–H groups in total. The third-order valence-corrected chi connectivity index (χ3v) is 4.57. The van der Waals surface area contributed by atoms with E-state index in [0.717, 1.165) is 17.9 Å². The van der Waals surface area contributed by atoms with Crippen LogP contribution in [0.2, 0.25) is 0 Å². The lowest BCUT2D eigenvalue weighted by atomic mass is 9.94. The van der Waals surface area contributed by atoms with E-state index in [1.54, 1.807) is 18.7 Å². The molecule has 16 heavy (non-hydrogen) atoms. The van der Waals surface area contributed by atoms with Crippen molar-refractivity contribution in [3.63, 3.8) is 0 Å². The van der Waals surface area contributed by atoms with Crippen LogP contribution >= 0.6 is 11.8 Å². The van der Waals surface area contributed by atoms with Gasteiger partial charge in [-0.1, -0.05) is 18.2 Å². The lowest BCUT2D eigenvalue weighted by molar-refractivity contribution is -0.118. The standard InChI is InChI=1S/C12H14N2OS/c1-7-13-11(15)10-8-5-3-2-4-6-9(8)16-12(10)14-7/h10H,2-6H2,1H3. The number of hydrogen-bond donors (Lipinski definition) is 0. The van der Waals surface area contributed by atoms with E-state index in [2.05, 4.69) is 9.98 Å². The summed E-state index contributed by atoms with van der Waals surface area (Å²) in [7, 11) is 0. The van der Waals surface area contributed by atoms with Crippen LogP contribution in [0, 0.1) is 5.92 Å². The molecule has 0 radical (unpaired) electrons.